The Kier molecular flexibility index (Phi) is 5.96. The second-order valence-electron chi connectivity index (χ2n) is 6.21. The lowest BCUT2D eigenvalue weighted by atomic mass is 10.1. The van der Waals surface area contributed by atoms with Gasteiger partial charge in [0.05, 0.1) is 13.2 Å². The maximum absolute atomic E-state index is 13.7. The van der Waals surface area contributed by atoms with E-state index < -0.39 is 5.82 Å². The van der Waals surface area contributed by atoms with Crippen molar-refractivity contribution in [3.05, 3.63) is 64.4 Å². The van der Waals surface area contributed by atoms with Crippen LogP contribution in [0.4, 0.5) is 10.1 Å². The van der Waals surface area contributed by atoms with Gasteiger partial charge in [-0.05, 0) is 35.9 Å². The van der Waals surface area contributed by atoms with Crippen molar-refractivity contribution in [2.24, 2.45) is 10.7 Å². The normalized spacial score (nSPS) is 15.4. The molecule has 26 heavy (non-hydrogen) atoms. The van der Waals surface area contributed by atoms with Gasteiger partial charge in [0.25, 0.3) is 0 Å². The monoisotopic (exact) mass is 376 g/mol. The van der Waals surface area contributed by atoms with E-state index in [9.17, 15) is 4.39 Å². The number of halogens is 2. The van der Waals surface area contributed by atoms with Crippen molar-refractivity contribution in [1.29, 1.82) is 0 Å². The molecule has 2 aromatic carbocycles. The molecule has 0 spiro atoms. The summed E-state index contributed by atoms with van der Waals surface area (Å²) in [6.45, 7) is 3.24. The molecule has 0 bridgehead atoms. The van der Waals surface area contributed by atoms with Gasteiger partial charge in [0.15, 0.2) is 5.96 Å². The molecular weight excluding hydrogens is 355 g/mol. The van der Waals surface area contributed by atoms with Gasteiger partial charge in [0.2, 0.25) is 0 Å². The first-order valence-corrected chi connectivity index (χ1v) is 8.88. The SMILES string of the molecule is NC(=NCc1ccc(CO)c(F)c1)N1CCN(c2ccc(Cl)cc2)CC1. The Bertz CT molecular complexity index is 774. The summed E-state index contributed by atoms with van der Waals surface area (Å²) in [5, 5.41) is 9.74. The third kappa shape index (κ3) is 4.45. The van der Waals surface area contributed by atoms with Gasteiger partial charge < -0.3 is 20.6 Å². The molecule has 138 valence electrons. The Balaban J connectivity index is 1.56. The molecule has 7 heteroatoms. The maximum Gasteiger partial charge on any atom is 0.191 e. The van der Waals surface area contributed by atoms with Crippen LogP contribution in [0.15, 0.2) is 47.5 Å². The van der Waals surface area contributed by atoms with Gasteiger partial charge in [-0.3, -0.25) is 0 Å². The quantitative estimate of drug-likeness (QED) is 0.636. The predicted molar refractivity (Wildman–Crippen MR) is 103 cm³/mol. The van der Waals surface area contributed by atoms with Gasteiger partial charge in [-0.2, -0.15) is 0 Å². The van der Waals surface area contributed by atoms with Crippen LogP contribution in [-0.4, -0.2) is 42.1 Å². The minimum absolute atomic E-state index is 0.282. The molecule has 0 atom stereocenters. The molecule has 3 rings (SSSR count). The Hall–Kier alpha value is -2.31. The lowest BCUT2D eigenvalue weighted by molar-refractivity contribution is 0.275. The zero-order valence-electron chi connectivity index (χ0n) is 14.4. The van der Waals surface area contributed by atoms with Crippen molar-refractivity contribution in [1.82, 2.24) is 4.90 Å². The van der Waals surface area contributed by atoms with E-state index in [1.165, 1.54) is 6.07 Å². The van der Waals surface area contributed by atoms with E-state index in [1.54, 1.807) is 12.1 Å². The van der Waals surface area contributed by atoms with Gasteiger partial charge in [-0.1, -0.05) is 23.7 Å². The van der Waals surface area contributed by atoms with Crippen molar-refractivity contribution in [2.75, 3.05) is 31.1 Å². The van der Waals surface area contributed by atoms with Crippen molar-refractivity contribution >= 4 is 23.2 Å². The van der Waals surface area contributed by atoms with Crippen molar-refractivity contribution < 1.29 is 9.50 Å². The highest BCUT2D eigenvalue weighted by atomic mass is 35.5. The highest BCUT2D eigenvalue weighted by molar-refractivity contribution is 6.30. The number of anilines is 1. The van der Waals surface area contributed by atoms with E-state index in [1.807, 2.05) is 29.2 Å². The Morgan fingerprint density at radius 3 is 2.42 bits per heavy atom. The van der Waals surface area contributed by atoms with Crippen LogP contribution in [-0.2, 0) is 13.2 Å². The number of guanidine groups is 1. The van der Waals surface area contributed by atoms with Gasteiger partial charge in [-0.15, -0.1) is 0 Å². The third-order valence-corrected chi connectivity index (χ3v) is 4.76. The van der Waals surface area contributed by atoms with Gasteiger partial charge in [-0.25, -0.2) is 9.38 Å². The number of aliphatic imine (C=N–C) groups is 1. The van der Waals surface area contributed by atoms with Crippen LogP contribution >= 0.6 is 11.6 Å². The van der Waals surface area contributed by atoms with E-state index in [-0.39, 0.29) is 12.2 Å². The number of piperazine rings is 1. The first kappa shape index (κ1) is 18.5. The van der Waals surface area contributed by atoms with Crippen LogP contribution in [0.1, 0.15) is 11.1 Å². The summed E-state index contributed by atoms with van der Waals surface area (Å²) in [5.74, 6) is 0.0442. The molecule has 1 fully saturated rings. The number of aliphatic hydroxyl groups is 1. The van der Waals surface area contributed by atoms with Gasteiger partial charge >= 0.3 is 0 Å². The van der Waals surface area contributed by atoms with Crippen molar-refractivity contribution in [2.45, 2.75) is 13.2 Å². The molecule has 1 aliphatic rings. The minimum Gasteiger partial charge on any atom is -0.392 e. The summed E-state index contributed by atoms with van der Waals surface area (Å²) in [6.07, 6.45) is 0. The number of hydrogen-bond acceptors (Lipinski definition) is 3. The Morgan fingerprint density at radius 2 is 1.81 bits per heavy atom. The number of nitrogens with zero attached hydrogens (tertiary/aromatic N) is 3. The predicted octanol–water partition coefficient (Wildman–Crippen LogP) is 2.61. The number of benzene rings is 2. The largest absolute Gasteiger partial charge is 0.392 e. The maximum atomic E-state index is 13.7. The lowest BCUT2D eigenvalue weighted by Crippen LogP contribution is -2.51. The molecule has 1 saturated heterocycles. The molecule has 3 N–H and O–H groups in total. The summed E-state index contributed by atoms with van der Waals surface area (Å²) in [5.41, 5.74) is 8.25. The molecule has 1 heterocycles. The second-order valence-corrected chi connectivity index (χ2v) is 6.65. The van der Waals surface area contributed by atoms with Crippen molar-refractivity contribution in [3.8, 4) is 0 Å². The van der Waals surface area contributed by atoms with Crippen molar-refractivity contribution in [3.63, 3.8) is 0 Å². The third-order valence-electron chi connectivity index (χ3n) is 4.51. The molecular formula is C19H22ClFN4O. The van der Waals surface area contributed by atoms with Crippen LogP contribution in [0.5, 0.6) is 0 Å². The molecule has 0 radical (unpaired) electrons. The fourth-order valence-electron chi connectivity index (χ4n) is 2.94. The molecule has 0 saturated carbocycles. The number of hydrogen-bond donors (Lipinski definition) is 2. The summed E-state index contributed by atoms with van der Waals surface area (Å²) < 4.78 is 13.7. The lowest BCUT2D eigenvalue weighted by Gasteiger charge is -2.36. The molecule has 5 nitrogen and oxygen atoms in total. The highest BCUT2D eigenvalue weighted by Crippen LogP contribution is 2.19. The highest BCUT2D eigenvalue weighted by Gasteiger charge is 2.18. The summed E-state index contributed by atoms with van der Waals surface area (Å²) in [6, 6.07) is 12.5. The van der Waals surface area contributed by atoms with Crippen LogP contribution in [0, 0.1) is 5.82 Å². The Morgan fingerprint density at radius 1 is 1.12 bits per heavy atom. The average molecular weight is 377 g/mol. The summed E-state index contributed by atoms with van der Waals surface area (Å²) in [4.78, 5) is 8.69. The van der Waals surface area contributed by atoms with Gasteiger partial charge in [0, 0.05) is 42.5 Å². The smallest absolute Gasteiger partial charge is 0.191 e. The van der Waals surface area contributed by atoms with Gasteiger partial charge in [0.1, 0.15) is 5.82 Å². The molecule has 1 aliphatic heterocycles. The molecule has 0 aromatic heterocycles. The number of rotatable bonds is 4. The zero-order chi connectivity index (χ0) is 18.5. The molecule has 0 unspecified atom stereocenters. The fraction of sp³-hybridized carbons (Fsp3) is 0.316. The first-order valence-electron chi connectivity index (χ1n) is 8.50. The first-order chi connectivity index (χ1) is 12.6. The van der Waals surface area contributed by atoms with Crippen LogP contribution in [0.25, 0.3) is 0 Å². The number of nitrogens with two attached hydrogens (primary N) is 1. The minimum atomic E-state index is -0.421. The van der Waals surface area contributed by atoms with E-state index in [4.69, 9.17) is 22.4 Å². The molecule has 0 amide bonds. The number of aliphatic hydroxyl groups excluding tert-OH is 1. The summed E-state index contributed by atoms with van der Waals surface area (Å²) in [7, 11) is 0. The molecule has 2 aromatic rings. The topological polar surface area (TPSA) is 65.1 Å². The van der Waals surface area contributed by atoms with Crippen LogP contribution < -0.4 is 10.6 Å². The van der Waals surface area contributed by atoms with E-state index >= 15 is 0 Å². The fourth-order valence-corrected chi connectivity index (χ4v) is 3.06. The standard InChI is InChI=1S/C19H22ClFN4O/c20-16-3-5-17(6-4-16)24-7-9-25(10-8-24)19(22)23-12-14-1-2-15(13-26)18(21)11-14/h1-6,11,26H,7-10,12-13H2,(H2,22,23). The average Bonchev–Trinajstić information content (AvgIpc) is 2.67. The van der Waals surface area contributed by atoms with Crippen LogP contribution in [0.2, 0.25) is 5.02 Å². The van der Waals surface area contributed by atoms with E-state index in [0.29, 0.717) is 12.5 Å². The second kappa shape index (κ2) is 8.38. The van der Waals surface area contributed by atoms with Crippen LogP contribution in [0.3, 0.4) is 0 Å². The molecule has 0 aliphatic carbocycles. The van der Waals surface area contributed by atoms with E-state index in [2.05, 4.69) is 9.89 Å². The van der Waals surface area contributed by atoms with E-state index in [0.717, 1.165) is 42.5 Å². The Labute approximate surface area is 157 Å². The summed E-state index contributed by atoms with van der Waals surface area (Å²) >= 11 is 5.93. The zero-order valence-corrected chi connectivity index (χ0v) is 15.2.